The van der Waals surface area contributed by atoms with E-state index < -0.39 is 5.41 Å². The molecule has 0 saturated heterocycles. The Hall–Kier alpha value is -10.5. The van der Waals surface area contributed by atoms with Gasteiger partial charge in [-0.3, -0.25) is 0 Å². The van der Waals surface area contributed by atoms with E-state index in [0.29, 0.717) is 0 Å². The van der Waals surface area contributed by atoms with Gasteiger partial charge in [-0.1, -0.05) is 291 Å². The molecule has 0 fully saturated rings. The first kappa shape index (κ1) is 47.5. The van der Waals surface area contributed by atoms with Crippen molar-refractivity contribution in [1.29, 1.82) is 0 Å². The molecule has 0 aromatic heterocycles. The molecule has 0 N–H and O–H groups in total. The van der Waals surface area contributed by atoms with Crippen LogP contribution in [-0.4, -0.2) is 6.71 Å². The minimum Gasteiger partial charge on any atom is -0.458 e. The molecule has 2 heterocycles. The number of para-hydroxylation sites is 1. The lowest BCUT2D eigenvalue weighted by Gasteiger charge is -2.44. The molecule has 2 aliphatic heterocycles. The van der Waals surface area contributed by atoms with Crippen LogP contribution < -0.4 is 26.0 Å². The number of hydrogen-bond donors (Lipinski definition) is 0. The second-order valence-electron chi connectivity index (χ2n) is 21.8. The van der Waals surface area contributed by atoms with E-state index in [-0.39, 0.29) is 6.71 Å². The number of rotatable bonds is 9. The summed E-state index contributed by atoms with van der Waals surface area (Å²) in [5.74, 6) is 1.69. The Morgan fingerprint density at radius 3 is 1.12 bits per heavy atom. The molecule has 0 amide bonds. The fraction of sp³-hybridized carbons (Fsp3) is 0.0127. The first-order valence-electron chi connectivity index (χ1n) is 28.4. The second-order valence-corrected chi connectivity index (χ2v) is 21.8. The molecule has 382 valence electrons. The van der Waals surface area contributed by atoms with Crippen LogP contribution in [0, 0.1) is 0 Å². The normalized spacial score (nSPS) is 13.0. The van der Waals surface area contributed by atoms with Crippen molar-refractivity contribution in [2.45, 2.75) is 5.41 Å². The van der Waals surface area contributed by atoms with Crippen LogP contribution in [0.25, 0.3) is 77.9 Å². The zero-order valence-corrected chi connectivity index (χ0v) is 45.0. The quantitative estimate of drug-likeness (QED) is 0.134. The van der Waals surface area contributed by atoms with Gasteiger partial charge in [0, 0.05) is 22.5 Å². The zero-order chi connectivity index (χ0) is 54.1. The number of anilines is 3. The number of nitrogens with zero attached hydrogens (tertiary/aromatic N) is 1. The lowest BCUT2D eigenvalue weighted by molar-refractivity contribution is 0.486. The molecule has 3 heteroatoms. The van der Waals surface area contributed by atoms with E-state index in [0.717, 1.165) is 106 Å². The maximum absolute atomic E-state index is 7.84. The van der Waals surface area contributed by atoms with Crippen LogP contribution in [0.15, 0.2) is 315 Å². The van der Waals surface area contributed by atoms with Crippen molar-refractivity contribution in [3.63, 3.8) is 0 Å². The molecular formula is C79H52BNO. The summed E-state index contributed by atoms with van der Waals surface area (Å²) >= 11 is 0. The topological polar surface area (TPSA) is 12.5 Å². The molecule has 0 atom stereocenters. The van der Waals surface area contributed by atoms with Gasteiger partial charge in [0.1, 0.15) is 11.5 Å². The molecule has 0 spiro atoms. The fourth-order valence-corrected chi connectivity index (χ4v) is 13.9. The summed E-state index contributed by atoms with van der Waals surface area (Å²) in [7, 11) is 0. The SMILES string of the molecule is c1ccc(-c2cc3c(cc2-c2ccccc2)B2c4cc(-c5ccccc5)c(-c5ccccc5)cc4N(c4c(-c5ccccc5)cccc4-c4ccccc4)c4cc(C5(c6ccccc6)c6ccccc6-c6ccccc65)cc(c42)O3)cc1. The zero-order valence-electron chi connectivity index (χ0n) is 45.0. The lowest BCUT2D eigenvalue weighted by Crippen LogP contribution is -2.60. The molecule has 13 aromatic rings. The Bertz CT molecular complexity index is 4460. The maximum atomic E-state index is 7.84. The standard InChI is InChI=1S/C79H52BNO/c1-8-27-53(28-9-1)61-43-26-44-62(54-29-10-2-11-30-54)78(61)81-73-51-67(57-35-16-5-17-36-57)65(55-31-12-3-13-32-55)49-71(73)80-72-50-66(56-33-14-4-15-34-56)68(58-37-18-6-19-38-58)52-75(72)82-76-48-60(47-74(81)77(76)80)79(59-39-20-7-21-40-59)69-45-24-22-41-63(69)64-42-23-25-46-70(64)79/h1-52H. The van der Waals surface area contributed by atoms with E-state index in [2.05, 4.69) is 320 Å². The van der Waals surface area contributed by atoms with E-state index in [1.54, 1.807) is 0 Å². The maximum Gasteiger partial charge on any atom is 0.256 e. The van der Waals surface area contributed by atoms with E-state index in [1.807, 2.05) is 0 Å². The molecule has 16 rings (SSSR count). The number of ether oxygens (including phenoxy) is 1. The molecule has 0 radical (unpaired) electrons. The highest BCUT2D eigenvalue weighted by molar-refractivity contribution is 6.99. The van der Waals surface area contributed by atoms with Gasteiger partial charge in [0.2, 0.25) is 0 Å². The first-order valence-corrected chi connectivity index (χ1v) is 28.4. The van der Waals surface area contributed by atoms with Gasteiger partial charge in [0.15, 0.2) is 0 Å². The van der Waals surface area contributed by atoms with Gasteiger partial charge in [0.05, 0.1) is 11.1 Å². The Balaban J connectivity index is 1.10. The predicted octanol–water partition coefficient (Wildman–Crippen LogP) is 18.5. The summed E-state index contributed by atoms with van der Waals surface area (Å²) in [6.45, 7) is -0.256. The van der Waals surface area contributed by atoms with Crippen molar-refractivity contribution in [2.24, 2.45) is 0 Å². The van der Waals surface area contributed by atoms with Gasteiger partial charge in [-0.25, -0.2) is 0 Å². The molecule has 82 heavy (non-hydrogen) atoms. The van der Waals surface area contributed by atoms with Crippen molar-refractivity contribution in [3.8, 4) is 89.4 Å². The third-order valence-corrected chi connectivity index (χ3v) is 17.4. The summed E-state index contributed by atoms with van der Waals surface area (Å²) < 4.78 is 7.84. The smallest absolute Gasteiger partial charge is 0.256 e. The van der Waals surface area contributed by atoms with Crippen LogP contribution in [0.2, 0.25) is 0 Å². The third-order valence-electron chi connectivity index (χ3n) is 17.4. The largest absolute Gasteiger partial charge is 0.458 e. The average Bonchev–Trinajstić information content (AvgIpc) is 2.09. The van der Waals surface area contributed by atoms with Gasteiger partial charge < -0.3 is 9.64 Å². The van der Waals surface area contributed by atoms with E-state index in [9.17, 15) is 0 Å². The fourth-order valence-electron chi connectivity index (χ4n) is 13.9. The number of fused-ring (bicyclic) bond motifs is 7. The van der Waals surface area contributed by atoms with Crippen LogP contribution >= 0.6 is 0 Å². The summed E-state index contributed by atoms with van der Waals surface area (Å²) in [6.07, 6.45) is 0. The van der Waals surface area contributed by atoms with Crippen LogP contribution in [0.5, 0.6) is 11.5 Å². The average molecular weight is 1040 g/mol. The molecule has 2 nitrogen and oxygen atoms in total. The molecule has 1 aliphatic carbocycles. The van der Waals surface area contributed by atoms with Crippen molar-refractivity contribution >= 4 is 40.2 Å². The van der Waals surface area contributed by atoms with E-state index in [4.69, 9.17) is 4.74 Å². The monoisotopic (exact) mass is 1040 g/mol. The molecule has 13 aromatic carbocycles. The molecule has 0 unspecified atom stereocenters. The lowest BCUT2D eigenvalue weighted by atomic mass is 9.33. The van der Waals surface area contributed by atoms with Gasteiger partial charge in [-0.15, -0.1) is 0 Å². The highest BCUT2D eigenvalue weighted by Gasteiger charge is 2.50. The van der Waals surface area contributed by atoms with Crippen molar-refractivity contribution in [1.82, 2.24) is 0 Å². The van der Waals surface area contributed by atoms with Crippen LogP contribution in [0.4, 0.5) is 17.1 Å². The van der Waals surface area contributed by atoms with Crippen molar-refractivity contribution < 1.29 is 4.74 Å². The van der Waals surface area contributed by atoms with E-state index in [1.165, 1.54) is 38.8 Å². The van der Waals surface area contributed by atoms with Gasteiger partial charge in [0.25, 0.3) is 6.71 Å². The Morgan fingerprint density at radius 1 is 0.268 bits per heavy atom. The summed E-state index contributed by atoms with van der Waals surface area (Å²) in [5, 5.41) is 0. The number of benzene rings is 13. The Morgan fingerprint density at radius 2 is 0.646 bits per heavy atom. The van der Waals surface area contributed by atoms with Crippen molar-refractivity contribution in [3.05, 3.63) is 338 Å². The highest BCUT2D eigenvalue weighted by Crippen LogP contribution is 2.59. The summed E-state index contributed by atoms with van der Waals surface area (Å²) in [6, 6.07) is 116. The minimum atomic E-state index is -0.731. The first-order chi connectivity index (χ1) is 40.7. The molecule has 0 bridgehead atoms. The minimum absolute atomic E-state index is 0.256. The predicted molar refractivity (Wildman–Crippen MR) is 342 cm³/mol. The Kier molecular flexibility index (Phi) is 11.2. The van der Waals surface area contributed by atoms with Gasteiger partial charge in [-0.05, 0) is 130 Å². The molecular weight excluding hydrogens is 990 g/mol. The van der Waals surface area contributed by atoms with E-state index >= 15 is 0 Å². The van der Waals surface area contributed by atoms with Gasteiger partial charge in [-0.2, -0.15) is 0 Å². The highest BCUT2D eigenvalue weighted by atomic mass is 16.5. The summed E-state index contributed by atoms with van der Waals surface area (Å²) in [5.41, 5.74) is 27.1. The van der Waals surface area contributed by atoms with Crippen molar-refractivity contribution in [2.75, 3.05) is 4.90 Å². The van der Waals surface area contributed by atoms with Gasteiger partial charge >= 0.3 is 0 Å². The van der Waals surface area contributed by atoms with Crippen LogP contribution in [0.3, 0.4) is 0 Å². The molecule has 3 aliphatic rings. The summed E-state index contributed by atoms with van der Waals surface area (Å²) in [4.78, 5) is 2.64. The molecule has 0 saturated carbocycles. The Labute approximate surface area is 479 Å². The number of hydrogen-bond acceptors (Lipinski definition) is 2. The van der Waals surface area contributed by atoms with Crippen LogP contribution in [0.1, 0.15) is 22.3 Å². The third kappa shape index (κ3) is 7.44. The van der Waals surface area contributed by atoms with Crippen LogP contribution in [-0.2, 0) is 5.41 Å². The second kappa shape index (κ2) is 19.4.